The zero-order valence-corrected chi connectivity index (χ0v) is 14.9. The lowest BCUT2D eigenvalue weighted by atomic mass is 9.93. The molecule has 1 N–H and O–H groups in total. The van der Waals surface area contributed by atoms with E-state index in [0.717, 1.165) is 22.0 Å². The first-order valence-electron chi connectivity index (χ1n) is 7.34. The third-order valence-electron chi connectivity index (χ3n) is 3.89. The molecule has 1 unspecified atom stereocenters. The van der Waals surface area contributed by atoms with Crippen LogP contribution >= 0.6 is 22.6 Å². The van der Waals surface area contributed by atoms with Gasteiger partial charge < -0.3 is 5.32 Å². The lowest BCUT2D eigenvalue weighted by Crippen LogP contribution is -2.19. The third-order valence-corrected chi connectivity index (χ3v) is 4.82. The quantitative estimate of drug-likeness (QED) is 0.711. The first kappa shape index (κ1) is 16.4. The molecule has 2 aromatic rings. The number of aryl methyl sites for hydroxylation is 2. The van der Waals surface area contributed by atoms with E-state index in [4.69, 9.17) is 0 Å². The average Bonchev–Trinajstić information content (AvgIpc) is 2.49. The van der Waals surface area contributed by atoms with Gasteiger partial charge in [0.25, 0.3) is 0 Å². The van der Waals surface area contributed by atoms with Crippen LogP contribution < -0.4 is 5.32 Å². The second-order valence-electron chi connectivity index (χ2n) is 5.12. The molecule has 0 heterocycles. The molecule has 21 heavy (non-hydrogen) atoms. The van der Waals surface area contributed by atoms with Crippen molar-refractivity contribution in [1.29, 1.82) is 0 Å². The Morgan fingerprint density at radius 2 is 1.76 bits per heavy atom. The normalized spacial score (nSPS) is 12.4. The maximum Gasteiger partial charge on any atom is 0.124 e. The fraction of sp³-hybridized carbons (Fsp3) is 0.333. The molecule has 0 saturated carbocycles. The maximum absolute atomic E-state index is 13.3. The standard InChI is InChI=1S/C18H21FIN/c1-4-12-6-7-14(10-13(12)5-2)18(21-3)16-9-8-15(19)11-17(16)20/h6-11,18,21H,4-5H2,1-3H3. The molecule has 0 aliphatic heterocycles. The monoisotopic (exact) mass is 397 g/mol. The molecule has 0 bridgehead atoms. The van der Waals surface area contributed by atoms with E-state index in [9.17, 15) is 4.39 Å². The van der Waals surface area contributed by atoms with Gasteiger partial charge in [0.15, 0.2) is 0 Å². The smallest absolute Gasteiger partial charge is 0.124 e. The summed E-state index contributed by atoms with van der Waals surface area (Å²) in [6.07, 6.45) is 2.09. The summed E-state index contributed by atoms with van der Waals surface area (Å²) in [7, 11) is 1.95. The zero-order valence-electron chi connectivity index (χ0n) is 12.7. The topological polar surface area (TPSA) is 12.0 Å². The van der Waals surface area contributed by atoms with Gasteiger partial charge in [0.2, 0.25) is 0 Å². The molecule has 0 fully saturated rings. The number of benzene rings is 2. The van der Waals surface area contributed by atoms with Crippen LogP contribution in [0.4, 0.5) is 4.39 Å². The molecule has 3 heteroatoms. The van der Waals surface area contributed by atoms with Crippen LogP contribution in [0.5, 0.6) is 0 Å². The molecule has 1 nitrogen and oxygen atoms in total. The Hall–Kier alpha value is -0.940. The summed E-state index contributed by atoms with van der Waals surface area (Å²) in [4.78, 5) is 0. The highest BCUT2D eigenvalue weighted by Crippen LogP contribution is 2.28. The molecule has 0 amide bonds. The summed E-state index contributed by atoms with van der Waals surface area (Å²) in [5.74, 6) is -0.186. The summed E-state index contributed by atoms with van der Waals surface area (Å²) in [5, 5.41) is 3.36. The number of nitrogens with one attached hydrogen (secondary N) is 1. The first-order valence-corrected chi connectivity index (χ1v) is 8.42. The number of rotatable bonds is 5. The van der Waals surface area contributed by atoms with Gasteiger partial charge in [-0.3, -0.25) is 0 Å². The number of halogens is 2. The van der Waals surface area contributed by atoms with E-state index in [0.29, 0.717) is 0 Å². The molecule has 1 atom stereocenters. The molecule has 112 valence electrons. The minimum absolute atomic E-state index is 0.0914. The van der Waals surface area contributed by atoms with Crippen LogP contribution in [-0.2, 0) is 12.8 Å². The highest BCUT2D eigenvalue weighted by Gasteiger charge is 2.16. The van der Waals surface area contributed by atoms with Crippen molar-refractivity contribution in [2.75, 3.05) is 7.05 Å². The van der Waals surface area contributed by atoms with E-state index in [1.807, 2.05) is 13.1 Å². The Morgan fingerprint density at radius 3 is 2.33 bits per heavy atom. The van der Waals surface area contributed by atoms with E-state index in [-0.39, 0.29) is 11.9 Å². The fourth-order valence-electron chi connectivity index (χ4n) is 2.74. The highest BCUT2D eigenvalue weighted by molar-refractivity contribution is 14.1. The van der Waals surface area contributed by atoms with Crippen molar-refractivity contribution in [2.24, 2.45) is 0 Å². The summed E-state index contributed by atoms with van der Waals surface area (Å²) >= 11 is 2.20. The van der Waals surface area contributed by atoms with Crippen LogP contribution in [0, 0.1) is 9.39 Å². The minimum atomic E-state index is -0.186. The number of hydrogen-bond acceptors (Lipinski definition) is 1. The molecule has 0 radical (unpaired) electrons. The van der Waals surface area contributed by atoms with E-state index in [1.165, 1.54) is 22.8 Å². The van der Waals surface area contributed by atoms with Crippen molar-refractivity contribution in [3.63, 3.8) is 0 Å². The third kappa shape index (κ3) is 3.64. The Morgan fingerprint density at radius 1 is 1.05 bits per heavy atom. The van der Waals surface area contributed by atoms with Gasteiger partial charge in [-0.1, -0.05) is 38.1 Å². The van der Waals surface area contributed by atoms with Crippen LogP contribution in [0.2, 0.25) is 0 Å². The first-order chi connectivity index (χ1) is 10.1. The Bertz CT molecular complexity index is 625. The molecule has 2 rings (SSSR count). The molecule has 0 aliphatic rings. The van der Waals surface area contributed by atoms with Crippen molar-refractivity contribution in [2.45, 2.75) is 32.7 Å². The summed E-state index contributed by atoms with van der Waals surface area (Å²) in [6.45, 7) is 4.38. The summed E-state index contributed by atoms with van der Waals surface area (Å²) in [5.41, 5.74) is 5.15. The van der Waals surface area contributed by atoms with Crippen LogP contribution in [-0.4, -0.2) is 7.05 Å². The van der Waals surface area contributed by atoms with Crippen LogP contribution in [0.3, 0.4) is 0 Å². The van der Waals surface area contributed by atoms with Crippen molar-refractivity contribution < 1.29 is 4.39 Å². The Kier molecular flexibility index (Phi) is 5.76. The largest absolute Gasteiger partial charge is 0.309 e. The van der Waals surface area contributed by atoms with Gasteiger partial charge in [-0.25, -0.2) is 4.39 Å². The van der Waals surface area contributed by atoms with Gasteiger partial charge in [-0.2, -0.15) is 0 Å². The van der Waals surface area contributed by atoms with Gasteiger partial charge in [-0.15, -0.1) is 0 Å². The molecule has 0 aromatic heterocycles. The average molecular weight is 397 g/mol. The summed E-state index contributed by atoms with van der Waals surface area (Å²) < 4.78 is 14.3. The fourth-order valence-corrected chi connectivity index (χ4v) is 3.53. The van der Waals surface area contributed by atoms with E-state index >= 15 is 0 Å². The van der Waals surface area contributed by atoms with Crippen LogP contribution in [0.25, 0.3) is 0 Å². The van der Waals surface area contributed by atoms with Gasteiger partial charge >= 0.3 is 0 Å². The van der Waals surface area contributed by atoms with Crippen LogP contribution in [0.1, 0.15) is 42.1 Å². The van der Waals surface area contributed by atoms with Gasteiger partial charge in [0.05, 0.1) is 6.04 Å². The van der Waals surface area contributed by atoms with Gasteiger partial charge in [0.1, 0.15) is 5.82 Å². The Labute approximate surface area is 140 Å². The lowest BCUT2D eigenvalue weighted by molar-refractivity contribution is 0.621. The van der Waals surface area contributed by atoms with E-state index < -0.39 is 0 Å². The van der Waals surface area contributed by atoms with Crippen molar-refractivity contribution in [3.8, 4) is 0 Å². The number of hydrogen-bond donors (Lipinski definition) is 1. The minimum Gasteiger partial charge on any atom is -0.309 e. The molecule has 0 aliphatic carbocycles. The predicted octanol–water partition coefficient (Wildman–Crippen LogP) is 4.86. The van der Waals surface area contributed by atoms with Crippen LogP contribution in [0.15, 0.2) is 36.4 Å². The zero-order chi connectivity index (χ0) is 15.4. The van der Waals surface area contributed by atoms with Crippen molar-refractivity contribution in [1.82, 2.24) is 5.32 Å². The maximum atomic E-state index is 13.3. The predicted molar refractivity (Wildman–Crippen MR) is 95.2 cm³/mol. The molecular weight excluding hydrogens is 376 g/mol. The molecule has 0 saturated heterocycles. The van der Waals surface area contributed by atoms with Crippen molar-refractivity contribution in [3.05, 3.63) is 68.0 Å². The molecule has 2 aromatic carbocycles. The SMILES string of the molecule is CCc1ccc(C(NC)c2ccc(F)cc2I)cc1CC. The Balaban J connectivity index is 2.46. The van der Waals surface area contributed by atoms with E-state index in [2.05, 4.69) is 60.0 Å². The van der Waals surface area contributed by atoms with Gasteiger partial charge in [0, 0.05) is 3.57 Å². The summed E-state index contributed by atoms with van der Waals surface area (Å²) in [6, 6.07) is 11.8. The molecule has 0 spiro atoms. The second kappa shape index (κ2) is 7.36. The van der Waals surface area contributed by atoms with Crippen molar-refractivity contribution >= 4 is 22.6 Å². The molecular formula is C18H21FIN. The lowest BCUT2D eigenvalue weighted by Gasteiger charge is -2.20. The second-order valence-corrected chi connectivity index (χ2v) is 6.28. The van der Waals surface area contributed by atoms with E-state index in [1.54, 1.807) is 6.07 Å². The highest BCUT2D eigenvalue weighted by atomic mass is 127. The van der Waals surface area contributed by atoms with Gasteiger partial charge in [-0.05, 0) is 76.9 Å².